The molecule has 0 amide bonds. The van der Waals surface area contributed by atoms with Gasteiger partial charge in [-0.25, -0.2) is 8.42 Å². The smallest absolute Gasteiger partial charge is 0.147 e. The SMILES string of the molecule is CC(CCS(C)(=O)=O)CNC1CC1. The van der Waals surface area contributed by atoms with E-state index in [9.17, 15) is 8.42 Å². The van der Waals surface area contributed by atoms with Crippen LogP contribution in [-0.4, -0.2) is 33.0 Å². The van der Waals surface area contributed by atoms with E-state index in [2.05, 4.69) is 12.2 Å². The van der Waals surface area contributed by atoms with Gasteiger partial charge in [-0.15, -0.1) is 0 Å². The maximum atomic E-state index is 10.9. The molecule has 3 nitrogen and oxygen atoms in total. The Morgan fingerprint density at radius 3 is 2.54 bits per heavy atom. The van der Waals surface area contributed by atoms with Gasteiger partial charge in [-0.05, 0) is 31.7 Å². The molecular weight excluding hydrogens is 186 g/mol. The van der Waals surface area contributed by atoms with E-state index in [0.717, 1.165) is 19.0 Å². The van der Waals surface area contributed by atoms with Crippen molar-refractivity contribution < 1.29 is 8.42 Å². The molecule has 4 heteroatoms. The van der Waals surface area contributed by atoms with Crippen molar-refractivity contribution in [3.8, 4) is 0 Å². The van der Waals surface area contributed by atoms with Crippen LogP contribution in [0.3, 0.4) is 0 Å². The summed E-state index contributed by atoms with van der Waals surface area (Å²) in [5, 5.41) is 3.40. The Balaban J connectivity index is 2.05. The molecule has 1 saturated carbocycles. The maximum Gasteiger partial charge on any atom is 0.147 e. The minimum absolute atomic E-state index is 0.320. The lowest BCUT2D eigenvalue weighted by atomic mass is 10.1. The van der Waals surface area contributed by atoms with Crippen LogP contribution in [0.25, 0.3) is 0 Å². The van der Waals surface area contributed by atoms with Gasteiger partial charge in [0.15, 0.2) is 0 Å². The van der Waals surface area contributed by atoms with Gasteiger partial charge >= 0.3 is 0 Å². The van der Waals surface area contributed by atoms with Crippen molar-refractivity contribution in [3.05, 3.63) is 0 Å². The second-order valence-electron chi connectivity index (χ2n) is 4.21. The molecule has 78 valence electrons. The van der Waals surface area contributed by atoms with Gasteiger partial charge in [0.25, 0.3) is 0 Å². The largest absolute Gasteiger partial charge is 0.314 e. The fraction of sp³-hybridized carbons (Fsp3) is 1.00. The van der Waals surface area contributed by atoms with Crippen LogP contribution in [0.1, 0.15) is 26.2 Å². The van der Waals surface area contributed by atoms with Crippen LogP contribution in [0.15, 0.2) is 0 Å². The van der Waals surface area contributed by atoms with E-state index in [0.29, 0.717) is 11.7 Å². The van der Waals surface area contributed by atoms with Crippen LogP contribution in [0.2, 0.25) is 0 Å². The van der Waals surface area contributed by atoms with E-state index in [1.807, 2.05) is 0 Å². The topological polar surface area (TPSA) is 46.2 Å². The molecule has 1 N–H and O–H groups in total. The summed E-state index contributed by atoms with van der Waals surface area (Å²) in [5.74, 6) is 0.788. The van der Waals surface area contributed by atoms with Crippen LogP contribution in [0.5, 0.6) is 0 Å². The van der Waals surface area contributed by atoms with Crippen molar-refractivity contribution in [1.29, 1.82) is 0 Å². The van der Waals surface area contributed by atoms with E-state index in [-0.39, 0.29) is 0 Å². The molecule has 1 atom stereocenters. The highest BCUT2D eigenvalue weighted by atomic mass is 32.2. The van der Waals surface area contributed by atoms with Crippen LogP contribution in [0, 0.1) is 5.92 Å². The van der Waals surface area contributed by atoms with Gasteiger partial charge in [0, 0.05) is 12.3 Å². The summed E-state index contributed by atoms with van der Waals surface area (Å²) in [6.45, 7) is 3.06. The fourth-order valence-corrected chi connectivity index (χ4v) is 2.00. The lowest BCUT2D eigenvalue weighted by Crippen LogP contribution is -2.24. The Bertz CT molecular complexity index is 244. The molecule has 0 bridgehead atoms. The predicted octanol–water partition coefficient (Wildman–Crippen LogP) is 0.809. The zero-order valence-electron chi connectivity index (χ0n) is 8.41. The summed E-state index contributed by atoms with van der Waals surface area (Å²) in [7, 11) is -2.77. The van der Waals surface area contributed by atoms with Crippen molar-refractivity contribution in [2.24, 2.45) is 5.92 Å². The molecule has 1 aliphatic rings. The molecule has 0 saturated heterocycles. The summed E-state index contributed by atoms with van der Waals surface area (Å²) >= 11 is 0. The van der Waals surface area contributed by atoms with Crippen molar-refractivity contribution >= 4 is 9.84 Å². The molecule has 0 aromatic heterocycles. The number of rotatable bonds is 6. The molecule has 0 radical (unpaired) electrons. The monoisotopic (exact) mass is 205 g/mol. The molecule has 1 rings (SSSR count). The third-order valence-corrected chi connectivity index (χ3v) is 3.29. The van der Waals surface area contributed by atoms with E-state index in [1.165, 1.54) is 19.1 Å². The highest BCUT2D eigenvalue weighted by Gasteiger charge is 2.20. The Labute approximate surface area is 80.8 Å². The van der Waals surface area contributed by atoms with Gasteiger partial charge in [0.1, 0.15) is 9.84 Å². The fourth-order valence-electron chi connectivity index (χ4n) is 1.17. The van der Waals surface area contributed by atoms with Gasteiger partial charge < -0.3 is 5.32 Å². The lowest BCUT2D eigenvalue weighted by molar-refractivity contribution is 0.495. The molecule has 1 aliphatic carbocycles. The minimum Gasteiger partial charge on any atom is -0.314 e. The van der Waals surface area contributed by atoms with Crippen LogP contribution < -0.4 is 5.32 Å². The summed E-state index contributed by atoms with van der Waals surface area (Å²) in [5.41, 5.74) is 0. The lowest BCUT2D eigenvalue weighted by Gasteiger charge is -2.10. The summed E-state index contributed by atoms with van der Waals surface area (Å²) in [4.78, 5) is 0. The highest BCUT2D eigenvalue weighted by Crippen LogP contribution is 2.19. The van der Waals surface area contributed by atoms with Gasteiger partial charge in [0.05, 0.1) is 5.75 Å². The van der Waals surface area contributed by atoms with Gasteiger partial charge in [-0.3, -0.25) is 0 Å². The average Bonchev–Trinajstić information content (AvgIpc) is 2.78. The molecule has 13 heavy (non-hydrogen) atoms. The first-order valence-corrected chi connectivity index (χ1v) is 6.94. The Morgan fingerprint density at radius 1 is 1.46 bits per heavy atom. The normalized spacial score (nSPS) is 20.2. The van der Waals surface area contributed by atoms with Crippen LogP contribution >= 0.6 is 0 Å². The van der Waals surface area contributed by atoms with E-state index in [1.54, 1.807) is 0 Å². The average molecular weight is 205 g/mol. The van der Waals surface area contributed by atoms with E-state index >= 15 is 0 Å². The zero-order chi connectivity index (χ0) is 9.90. The zero-order valence-corrected chi connectivity index (χ0v) is 9.23. The van der Waals surface area contributed by atoms with Crippen molar-refractivity contribution in [2.45, 2.75) is 32.2 Å². The van der Waals surface area contributed by atoms with Gasteiger partial charge in [-0.2, -0.15) is 0 Å². The predicted molar refractivity (Wildman–Crippen MR) is 54.5 cm³/mol. The van der Waals surface area contributed by atoms with Crippen molar-refractivity contribution in [3.63, 3.8) is 0 Å². The minimum atomic E-state index is -2.77. The Morgan fingerprint density at radius 2 is 2.08 bits per heavy atom. The first kappa shape index (κ1) is 11.0. The number of hydrogen-bond donors (Lipinski definition) is 1. The first-order valence-electron chi connectivity index (χ1n) is 4.88. The summed E-state index contributed by atoms with van der Waals surface area (Å²) in [6, 6.07) is 0.723. The Hall–Kier alpha value is -0.0900. The van der Waals surface area contributed by atoms with Crippen molar-refractivity contribution in [2.75, 3.05) is 18.6 Å². The molecule has 0 heterocycles. The van der Waals surface area contributed by atoms with Gasteiger partial charge in [0.2, 0.25) is 0 Å². The molecular formula is C9H19NO2S. The van der Waals surface area contributed by atoms with Crippen LogP contribution in [-0.2, 0) is 9.84 Å². The second kappa shape index (κ2) is 4.42. The number of hydrogen-bond acceptors (Lipinski definition) is 3. The number of nitrogens with one attached hydrogen (secondary N) is 1. The number of sulfone groups is 1. The molecule has 1 unspecified atom stereocenters. The van der Waals surface area contributed by atoms with Crippen molar-refractivity contribution in [1.82, 2.24) is 5.32 Å². The molecule has 0 aromatic rings. The Kier molecular flexibility index (Phi) is 3.74. The van der Waals surface area contributed by atoms with E-state index < -0.39 is 9.84 Å². The first-order chi connectivity index (χ1) is 5.97. The molecule has 0 aliphatic heterocycles. The van der Waals surface area contributed by atoms with Gasteiger partial charge in [-0.1, -0.05) is 6.92 Å². The second-order valence-corrected chi connectivity index (χ2v) is 6.47. The molecule has 0 aromatic carbocycles. The summed E-state index contributed by atoms with van der Waals surface area (Å²) in [6.07, 6.45) is 4.66. The van der Waals surface area contributed by atoms with Crippen LogP contribution in [0.4, 0.5) is 0 Å². The third kappa shape index (κ3) is 6.05. The van der Waals surface area contributed by atoms with E-state index in [4.69, 9.17) is 0 Å². The molecule has 0 spiro atoms. The quantitative estimate of drug-likeness (QED) is 0.698. The third-order valence-electron chi connectivity index (χ3n) is 2.31. The standard InChI is InChI=1S/C9H19NO2S/c1-8(5-6-13(2,11)12)7-10-9-3-4-9/h8-10H,3-7H2,1-2H3. The maximum absolute atomic E-state index is 10.9. The molecule has 1 fully saturated rings. The summed E-state index contributed by atoms with van der Waals surface area (Å²) < 4.78 is 21.7. The highest BCUT2D eigenvalue weighted by molar-refractivity contribution is 7.90.